The van der Waals surface area contributed by atoms with E-state index in [4.69, 9.17) is 14.2 Å². The van der Waals surface area contributed by atoms with Crippen molar-refractivity contribution < 1.29 is 33.4 Å². The number of carbonyl (C=O) groups excluding carboxylic acids is 4. The zero-order valence-corrected chi connectivity index (χ0v) is 18.4. The smallest absolute Gasteiger partial charge is 0.408 e. The molecule has 0 aromatic heterocycles. The van der Waals surface area contributed by atoms with Crippen LogP contribution in [0, 0.1) is 23.7 Å². The van der Waals surface area contributed by atoms with Gasteiger partial charge in [0.1, 0.15) is 12.4 Å². The van der Waals surface area contributed by atoms with Gasteiger partial charge in [-0.2, -0.15) is 0 Å². The lowest BCUT2D eigenvalue weighted by Gasteiger charge is -2.32. The lowest BCUT2D eigenvalue weighted by Crippen LogP contribution is -2.52. The number of cyclic esters (lactones) is 1. The Morgan fingerprint density at radius 2 is 1.90 bits per heavy atom. The minimum atomic E-state index is -1.13. The second-order valence-electron chi connectivity index (χ2n) is 8.48. The van der Waals surface area contributed by atoms with Crippen LogP contribution in [0.1, 0.15) is 60.8 Å². The molecule has 166 valence electrons. The number of rotatable bonds is 13. The minimum Gasteiger partial charge on any atom is -0.468 e. The summed E-state index contributed by atoms with van der Waals surface area (Å²) in [6.45, 7) is 11.4. The molecule has 0 aliphatic carbocycles. The van der Waals surface area contributed by atoms with Crippen LogP contribution in [0.4, 0.5) is 4.79 Å². The maximum atomic E-state index is 12.7. The molecule has 0 aromatic carbocycles. The molecule has 29 heavy (non-hydrogen) atoms. The SMILES string of the molecule is CCC[C@@H](C)C(=O)C(C)C1NC(=O)O[C@]1(C)COC(=O)C(C)C[C@H](C)COC=O. The van der Waals surface area contributed by atoms with Gasteiger partial charge in [-0.1, -0.05) is 41.0 Å². The number of alkyl carbamates (subject to hydrolysis) is 1. The van der Waals surface area contributed by atoms with Gasteiger partial charge in [0.05, 0.1) is 18.6 Å². The first-order valence-electron chi connectivity index (χ1n) is 10.3. The van der Waals surface area contributed by atoms with Gasteiger partial charge in [0.25, 0.3) is 6.47 Å². The van der Waals surface area contributed by atoms with Gasteiger partial charge in [0.15, 0.2) is 5.60 Å². The predicted octanol–water partition coefficient (Wildman–Crippen LogP) is 2.87. The molecular formula is C21H35NO7. The molecule has 1 aliphatic heterocycles. The van der Waals surface area contributed by atoms with Gasteiger partial charge >= 0.3 is 12.1 Å². The Labute approximate surface area is 173 Å². The van der Waals surface area contributed by atoms with Crippen LogP contribution in [-0.2, 0) is 28.6 Å². The van der Waals surface area contributed by atoms with Crippen LogP contribution < -0.4 is 5.32 Å². The Balaban J connectivity index is 2.71. The number of amides is 1. The highest BCUT2D eigenvalue weighted by Gasteiger charge is 2.51. The number of esters is 1. The highest BCUT2D eigenvalue weighted by Crippen LogP contribution is 2.31. The van der Waals surface area contributed by atoms with Crippen molar-refractivity contribution in [3.05, 3.63) is 0 Å². The van der Waals surface area contributed by atoms with E-state index in [1.807, 2.05) is 20.8 Å². The van der Waals surface area contributed by atoms with Crippen molar-refractivity contribution in [1.82, 2.24) is 5.32 Å². The van der Waals surface area contributed by atoms with Crippen molar-refractivity contribution in [2.75, 3.05) is 13.2 Å². The lowest BCUT2D eigenvalue weighted by molar-refractivity contribution is -0.155. The van der Waals surface area contributed by atoms with Crippen LogP contribution in [0.25, 0.3) is 0 Å². The summed E-state index contributed by atoms with van der Waals surface area (Å²) in [5.74, 6) is -1.36. The zero-order chi connectivity index (χ0) is 22.2. The van der Waals surface area contributed by atoms with Crippen molar-refractivity contribution in [2.45, 2.75) is 72.4 Å². The number of carbonyl (C=O) groups is 4. The molecule has 8 heteroatoms. The number of hydrogen-bond donors (Lipinski definition) is 1. The maximum absolute atomic E-state index is 12.7. The van der Waals surface area contributed by atoms with Gasteiger partial charge in [-0.25, -0.2) is 4.79 Å². The first kappa shape index (κ1) is 24.9. The van der Waals surface area contributed by atoms with Crippen molar-refractivity contribution >= 4 is 24.3 Å². The van der Waals surface area contributed by atoms with Gasteiger partial charge in [0.2, 0.25) is 0 Å². The number of Topliss-reactive ketones (excluding diaryl/α,β-unsaturated/α-hetero) is 1. The first-order valence-corrected chi connectivity index (χ1v) is 10.3. The summed E-state index contributed by atoms with van der Waals surface area (Å²) in [5.41, 5.74) is -1.13. The summed E-state index contributed by atoms with van der Waals surface area (Å²) in [4.78, 5) is 47.2. The molecule has 6 atom stereocenters. The van der Waals surface area contributed by atoms with E-state index in [2.05, 4.69) is 5.32 Å². The van der Waals surface area contributed by atoms with E-state index < -0.39 is 35.5 Å². The molecule has 0 radical (unpaired) electrons. The largest absolute Gasteiger partial charge is 0.468 e. The Morgan fingerprint density at radius 3 is 2.48 bits per heavy atom. The fraction of sp³-hybridized carbons (Fsp3) is 0.810. The highest BCUT2D eigenvalue weighted by molar-refractivity contribution is 5.85. The van der Waals surface area contributed by atoms with Crippen LogP contribution in [-0.4, -0.2) is 49.2 Å². The molecular weight excluding hydrogens is 378 g/mol. The molecule has 1 rings (SSSR count). The maximum Gasteiger partial charge on any atom is 0.408 e. The Morgan fingerprint density at radius 1 is 1.24 bits per heavy atom. The quantitative estimate of drug-likeness (QED) is 0.281. The normalized spacial score (nSPS) is 25.2. The number of ether oxygens (including phenoxy) is 3. The first-order chi connectivity index (χ1) is 13.6. The minimum absolute atomic E-state index is 0.00903. The van der Waals surface area contributed by atoms with Crippen molar-refractivity contribution in [2.24, 2.45) is 23.7 Å². The number of hydrogen-bond acceptors (Lipinski definition) is 7. The van der Waals surface area contributed by atoms with Gasteiger partial charge in [0, 0.05) is 11.8 Å². The molecule has 1 amide bonds. The number of ketones is 1. The summed E-state index contributed by atoms with van der Waals surface area (Å²) in [6, 6.07) is -0.579. The molecule has 1 aliphatic rings. The van der Waals surface area contributed by atoms with E-state index in [9.17, 15) is 19.2 Å². The molecule has 0 saturated carbocycles. The molecule has 3 unspecified atom stereocenters. The molecule has 8 nitrogen and oxygen atoms in total. The molecule has 0 bridgehead atoms. The second kappa shape index (κ2) is 11.2. The van der Waals surface area contributed by atoms with E-state index in [0.717, 1.165) is 12.8 Å². The monoisotopic (exact) mass is 413 g/mol. The second-order valence-corrected chi connectivity index (χ2v) is 8.48. The van der Waals surface area contributed by atoms with Crippen LogP contribution in [0.5, 0.6) is 0 Å². The summed E-state index contributed by atoms with van der Waals surface area (Å²) in [6.07, 6.45) is 1.55. The average molecular weight is 414 g/mol. The van der Waals surface area contributed by atoms with E-state index in [-0.39, 0.29) is 30.8 Å². The summed E-state index contributed by atoms with van der Waals surface area (Å²) in [5, 5.41) is 2.71. The van der Waals surface area contributed by atoms with Crippen molar-refractivity contribution in [3.8, 4) is 0 Å². The average Bonchev–Trinajstić information content (AvgIpc) is 2.97. The van der Waals surface area contributed by atoms with E-state index >= 15 is 0 Å². The third kappa shape index (κ3) is 7.01. The van der Waals surface area contributed by atoms with Gasteiger partial charge < -0.3 is 19.5 Å². The number of nitrogens with one attached hydrogen (secondary N) is 1. The highest BCUT2D eigenvalue weighted by atomic mass is 16.6. The Hall–Kier alpha value is -2.12. The van der Waals surface area contributed by atoms with E-state index in [1.165, 1.54) is 0 Å². The van der Waals surface area contributed by atoms with Gasteiger partial charge in [-0.05, 0) is 25.7 Å². The van der Waals surface area contributed by atoms with Crippen LogP contribution >= 0.6 is 0 Å². The van der Waals surface area contributed by atoms with Crippen LogP contribution in [0.2, 0.25) is 0 Å². The summed E-state index contributed by atoms with van der Waals surface area (Å²) >= 11 is 0. The molecule has 0 aromatic rings. The van der Waals surface area contributed by atoms with Gasteiger partial charge in [-0.3, -0.25) is 14.4 Å². The summed E-state index contributed by atoms with van der Waals surface area (Å²) in [7, 11) is 0. The standard InChI is InChI=1S/C21H35NO7/c1-7-8-14(3)17(24)16(5)18-21(6,29-20(26)22-18)11-28-19(25)15(4)9-13(2)10-27-12-23/h12-16,18H,7-11H2,1-6H3,(H,22,26)/t13-,14+,15?,16?,18?,21+/m0/s1. The molecule has 1 saturated heterocycles. The topological polar surface area (TPSA) is 108 Å². The third-order valence-electron chi connectivity index (χ3n) is 5.52. The molecule has 0 spiro atoms. The zero-order valence-electron chi connectivity index (χ0n) is 18.4. The van der Waals surface area contributed by atoms with Gasteiger partial charge in [-0.15, -0.1) is 0 Å². The summed E-state index contributed by atoms with van der Waals surface area (Å²) < 4.78 is 15.5. The lowest BCUT2D eigenvalue weighted by atomic mass is 9.81. The predicted molar refractivity (Wildman–Crippen MR) is 106 cm³/mol. The Bertz CT molecular complexity index is 594. The Kier molecular flexibility index (Phi) is 9.59. The van der Waals surface area contributed by atoms with E-state index in [1.54, 1.807) is 20.8 Å². The fourth-order valence-electron chi connectivity index (χ4n) is 3.87. The molecule has 1 heterocycles. The molecule has 1 N–H and O–H groups in total. The fourth-order valence-corrected chi connectivity index (χ4v) is 3.87. The van der Waals surface area contributed by atoms with Crippen LogP contribution in [0.15, 0.2) is 0 Å². The van der Waals surface area contributed by atoms with Crippen molar-refractivity contribution in [1.29, 1.82) is 0 Å². The van der Waals surface area contributed by atoms with Crippen LogP contribution in [0.3, 0.4) is 0 Å². The third-order valence-corrected chi connectivity index (χ3v) is 5.52. The van der Waals surface area contributed by atoms with E-state index in [0.29, 0.717) is 12.9 Å². The van der Waals surface area contributed by atoms with Crippen molar-refractivity contribution in [3.63, 3.8) is 0 Å². The molecule has 1 fully saturated rings.